The minimum atomic E-state index is -3.31. The highest BCUT2D eigenvalue weighted by molar-refractivity contribution is 7.92. The molecule has 0 aliphatic heterocycles. The van der Waals surface area contributed by atoms with Crippen LogP contribution in [-0.4, -0.2) is 32.7 Å². The van der Waals surface area contributed by atoms with Gasteiger partial charge >= 0.3 is 5.97 Å². The Hall–Kier alpha value is -1.50. The zero-order valence-corrected chi connectivity index (χ0v) is 17.5. The molecule has 1 atom stereocenters. The molecule has 3 aliphatic rings. The third kappa shape index (κ3) is 4.49. The highest BCUT2D eigenvalue weighted by Gasteiger charge is 2.41. The van der Waals surface area contributed by atoms with Gasteiger partial charge in [-0.15, -0.1) is 0 Å². The second-order valence-electron chi connectivity index (χ2n) is 8.93. The minimum Gasteiger partial charge on any atom is -0.469 e. The molecule has 0 amide bonds. The average molecular weight is 427 g/mol. The Kier molecular flexibility index (Phi) is 5.47. The molecule has 3 fully saturated rings. The molecule has 0 heterocycles. The number of alkyl halides is 2. The molecule has 4 rings (SSSR count). The largest absolute Gasteiger partial charge is 0.469 e. The molecular weight excluding hydrogens is 398 g/mol. The molecule has 0 aromatic heterocycles. The van der Waals surface area contributed by atoms with Crippen molar-refractivity contribution in [3.8, 4) is 0 Å². The van der Waals surface area contributed by atoms with Crippen LogP contribution in [0.25, 0.3) is 0 Å². The Bertz CT molecular complexity index is 878. The van der Waals surface area contributed by atoms with Crippen LogP contribution < -0.4 is 0 Å². The summed E-state index contributed by atoms with van der Waals surface area (Å²) in [6.45, 7) is 0. The summed E-state index contributed by atoms with van der Waals surface area (Å²) in [6.07, 6.45) is 4.30. The molecule has 0 N–H and O–H groups in total. The van der Waals surface area contributed by atoms with Crippen LogP contribution in [0.3, 0.4) is 0 Å². The van der Waals surface area contributed by atoms with Crippen LogP contribution in [0, 0.1) is 5.92 Å². The maximum atomic E-state index is 13.5. The first kappa shape index (κ1) is 20.8. The van der Waals surface area contributed by atoms with Crippen molar-refractivity contribution in [3.05, 3.63) is 29.3 Å². The fourth-order valence-corrected chi connectivity index (χ4v) is 6.42. The maximum Gasteiger partial charge on any atom is 0.313 e. The fourth-order valence-electron chi connectivity index (χ4n) is 4.49. The summed E-state index contributed by atoms with van der Waals surface area (Å²) >= 11 is 0. The molecule has 3 aliphatic carbocycles. The molecule has 160 valence electrons. The van der Waals surface area contributed by atoms with Gasteiger partial charge in [-0.05, 0) is 74.0 Å². The van der Waals surface area contributed by atoms with Crippen molar-refractivity contribution in [2.45, 2.75) is 85.7 Å². The molecule has 1 aromatic rings. The van der Waals surface area contributed by atoms with Crippen LogP contribution in [0.1, 0.15) is 80.8 Å². The van der Waals surface area contributed by atoms with Gasteiger partial charge in [-0.3, -0.25) is 4.79 Å². The monoisotopic (exact) mass is 426 g/mol. The zero-order valence-electron chi connectivity index (χ0n) is 16.7. The molecular formula is C22H28F2O4S. The minimum absolute atomic E-state index is 0.0398. The predicted octanol–water partition coefficient (Wildman–Crippen LogP) is 4.97. The molecule has 0 spiro atoms. The van der Waals surface area contributed by atoms with Gasteiger partial charge in [0, 0.05) is 12.8 Å². The van der Waals surface area contributed by atoms with E-state index >= 15 is 0 Å². The van der Waals surface area contributed by atoms with E-state index in [0.717, 1.165) is 24.0 Å². The second-order valence-corrected chi connectivity index (χ2v) is 11.1. The Balaban J connectivity index is 1.61. The Morgan fingerprint density at radius 1 is 1.14 bits per heavy atom. The van der Waals surface area contributed by atoms with Gasteiger partial charge in [0.2, 0.25) is 5.92 Å². The fraction of sp³-hybridized carbons (Fsp3) is 0.682. The summed E-state index contributed by atoms with van der Waals surface area (Å²) in [7, 11) is -1.98. The molecule has 0 unspecified atom stereocenters. The number of carbonyl (C=O) groups is 1. The molecule has 0 saturated heterocycles. The third-order valence-electron chi connectivity index (χ3n) is 6.61. The normalized spacial score (nSPS) is 23.6. The predicted molar refractivity (Wildman–Crippen MR) is 105 cm³/mol. The van der Waals surface area contributed by atoms with Crippen molar-refractivity contribution >= 4 is 15.8 Å². The van der Waals surface area contributed by atoms with E-state index in [1.807, 2.05) is 6.07 Å². The molecule has 7 heteroatoms. The number of sulfone groups is 1. The van der Waals surface area contributed by atoms with E-state index in [2.05, 4.69) is 0 Å². The molecule has 0 radical (unpaired) electrons. The van der Waals surface area contributed by atoms with Crippen LogP contribution >= 0.6 is 0 Å². The van der Waals surface area contributed by atoms with E-state index in [9.17, 15) is 22.0 Å². The van der Waals surface area contributed by atoms with E-state index in [0.29, 0.717) is 37.0 Å². The van der Waals surface area contributed by atoms with Gasteiger partial charge in [-0.25, -0.2) is 17.2 Å². The van der Waals surface area contributed by atoms with Crippen molar-refractivity contribution < 1.29 is 26.7 Å². The Morgan fingerprint density at radius 2 is 1.79 bits per heavy atom. The van der Waals surface area contributed by atoms with Crippen LogP contribution in [0.2, 0.25) is 0 Å². The molecule has 3 saturated carbocycles. The van der Waals surface area contributed by atoms with Crippen LogP contribution in [0.5, 0.6) is 0 Å². The lowest BCUT2D eigenvalue weighted by molar-refractivity contribution is -0.143. The number of rotatable bonds is 7. The summed E-state index contributed by atoms with van der Waals surface area (Å²) in [5.41, 5.74) is 1.56. The number of halogens is 2. The van der Waals surface area contributed by atoms with Gasteiger partial charge in [-0.1, -0.05) is 12.1 Å². The highest BCUT2D eigenvalue weighted by Crippen LogP contribution is 2.47. The summed E-state index contributed by atoms with van der Waals surface area (Å²) in [5, 5.41) is -0.272. The lowest BCUT2D eigenvalue weighted by Crippen LogP contribution is -2.27. The number of esters is 1. The van der Waals surface area contributed by atoms with Crippen molar-refractivity contribution in [1.82, 2.24) is 0 Å². The van der Waals surface area contributed by atoms with Gasteiger partial charge in [0.25, 0.3) is 0 Å². The van der Waals surface area contributed by atoms with Crippen molar-refractivity contribution in [2.24, 2.45) is 5.92 Å². The van der Waals surface area contributed by atoms with E-state index < -0.39 is 21.7 Å². The standard InChI is InChI=1S/C22H28F2O4S/c1-28-21(25)19(12-14-8-10-22(23,24)11-9-14)16-4-7-20(18(13-16)15-2-3-15)29(26,27)17-5-6-17/h4,7,13-15,17,19H,2-3,5-6,8-12H2,1H3/t19-/m1/s1. The van der Waals surface area contributed by atoms with Crippen molar-refractivity contribution in [2.75, 3.05) is 7.11 Å². The van der Waals surface area contributed by atoms with Crippen molar-refractivity contribution in [3.63, 3.8) is 0 Å². The van der Waals surface area contributed by atoms with Crippen LogP contribution in [-0.2, 0) is 19.4 Å². The van der Waals surface area contributed by atoms with E-state index in [1.54, 1.807) is 12.1 Å². The topological polar surface area (TPSA) is 60.4 Å². The van der Waals surface area contributed by atoms with Crippen LogP contribution in [0.15, 0.2) is 23.1 Å². The molecule has 0 bridgehead atoms. The van der Waals surface area contributed by atoms with E-state index in [-0.39, 0.29) is 35.9 Å². The summed E-state index contributed by atoms with van der Waals surface area (Å²) in [6, 6.07) is 5.24. The van der Waals surface area contributed by atoms with Crippen LogP contribution in [0.4, 0.5) is 8.78 Å². The summed E-state index contributed by atoms with van der Waals surface area (Å²) in [4.78, 5) is 12.9. The van der Waals surface area contributed by atoms with Gasteiger partial charge in [0.15, 0.2) is 9.84 Å². The van der Waals surface area contributed by atoms with Crippen molar-refractivity contribution in [1.29, 1.82) is 0 Å². The summed E-state index contributed by atoms with van der Waals surface area (Å²) in [5.74, 6) is -3.27. The molecule has 4 nitrogen and oxygen atoms in total. The molecule has 29 heavy (non-hydrogen) atoms. The maximum absolute atomic E-state index is 13.5. The van der Waals surface area contributed by atoms with E-state index in [4.69, 9.17) is 4.74 Å². The summed E-state index contributed by atoms with van der Waals surface area (Å²) < 4.78 is 57.7. The van der Waals surface area contributed by atoms with E-state index in [1.165, 1.54) is 7.11 Å². The van der Waals surface area contributed by atoms with Gasteiger partial charge in [0.05, 0.1) is 23.2 Å². The Morgan fingerprint density at radius 3 is 2.34 bits per heavy atom. The molecule has 1 aromatic carbocycles. The number of ether oxygens (including phenoxy) is 1. The number of methoxy groups -OCH3 is 1. The first-order chi connectivity index (χ1) is 13.7. The second kappa shape index (κ2) is 7.64. The highest BCUT2D eigenvalue weighted by atomic mass is 32.2. The smallest absolute Gasteiger partial charge is 0.313 e. The zero-order chi connectivity index (χ0) is 20.8. The lowest BCUT2D eigenvalue weighted by atomic mass is 9.79. The SMILES string of the molecule is COC(=O)[C@H](CC1CCC(F)(F)CC1)c1ccc(S(=O)(=O)C2CC2)c(C2CC2)c1. The third-order valence-corrected chi connectivity index (χ3v) is 8.95. The number of carbonyl (C=O) groups excluding carboxylic acids is 1. The van der Waals surface area contributed by atoms with Gasteiger partial charge in [0.1, 0.15) is 0 Å². The first-order valence-electron chi connectivity index (χ1n) is 10.5. The number of benzene rings is 1. The average Bonchev–Trinajstić information content (AvgIpc) is 3.58. The first-order valence-corrected chi connectivity index (χ1v) is 12.1. The Labute approximate surface area is 170 Å². The number of hydrogen-bond donors (Lipinski definition) is 0. The number of hydrogen-bond acceptors (Lipinski definition) is 4. The van der Waals surface area contributed by atoms with Gasteiger partial charge < -0.3 is 4.74 Å². The quantitative estimate of drug-likeness (QED) is 0.578. The van der Waals surface area contributed by atoms with Gasteiger partial charge in [-0.2, -0.15) is 0 Å². The lowest BCUT2D eigenvalue weighted by Gasteiger charge is -2.30.